The summed E-state index contributed by atoms with van der Waals surface area (Å²) in [6, 6.07) is 11.5. The Morgan fingerprint density at radius 3 is 2.62 bits per heavy atom. The molecule has 0 unspecified atom stereocenters. The Morgan fingerprint density at radius 2 is 1.95 bits per heavy atom. The predicted octanol–water partition coefficient (Wildman–Crippen LogP) is 2.45. The molecule has 1 amide bonds. The third-order valence-electron chi connectivity index (χ3n) is 3.73. The molecule has 21 heavy (non-hydrogen) atoms. The van der Waals surface area contributed by atoms with Gasteiger partial charge in [-0.25, -0.2) is 0 Å². The number of aromatic amines is 1. The second-order valence-electron chi connectivity index (χ2n) is 5.32. The first-order valence-corrected chi connectivity index (χ1v) is 7.64. The van der Waals surface area contributed by atoms with Gasteiger partial charge in [0.2, 0.25) is 0 Å². The molecule has 4 nitrogen and oxygen atoms in total. The molecule has 0 spiro atoms. The van der Waals surface area contributed by atoms with Crippen LogP contribution in [0.5, 0.6) is 0 Å². The molecule has 0 radical (unpaired) electrons. The van der Waals surface area contributed by atoms with Crippen LogP contribution in [-0.4, -0.2) is 28.9 Å². The zero-order valence-electron chi connectivity index (χ0n) is 11.4. The summed E-state index contributed by atoms with van der Waals surface area (Å²) in [4.78, 5) is 28.1. The number of carbonyl (C=O) groups excluding carboxylic acids is 1. The lowest BCUT2D eigenvalue weighted by Gasteiger charge is -2.39. The first-order valence-electron chi connectivity index (χ1n) is 6.85. The molecule has 1 saturated heterocycles. The number of aromatic nitrogens is 1. The molecule has 0 atom stereocenters. The van der Waals surface area contributed by atoms with Gasteiger partial charge in [0.25, 0.3) is 11.5 Å². The maximum atomic E-state index is 12.2. The minimum absolute atomic E-state index is 0.177. The molecular formula is C16H15BrN2O2. The number of pyridine rings is 1. The molecule has 3 rings (SSSR count). The van der Waals surface area contributed by atoms with Gasteiger partial charge in [0.1, 0.15) is 5.56 Å². The molecule has 1 aliphatic heterocycles. The van der Waals surface area contributed by atoms with E-state index in [0.29, 0.717) is 19.0 Å². The van der Waals surface area contributed by atoms with Crippen LogP contribution in [0.15, 0.2) is 51.9 Å². The molecule has 0 saturated carbocycles. The van der Waals surface area contributed by atoms with E-state index in [4.69, 9.17) is 0 Å². The van der Waals surface area contributed by atoms with E-state index in [1.165, 1.54) is 11.8 Å². The van der Waals surface area contributed by atoms with Crippen molar-refractivity contribution in [2.45, 2.75) is 6.42 Å². The normalized spacial score (nSPS) is 14.8. The van der Waals surface area contributed by atoms with E-state index >= 15 is 0 Å². The standard InChI is InChI=1S/C16H15BrN2O2/c17-13-5-3-11(4-6-13)8-12-9-19(10-12)16(21)14-2-1-7-18-15(14)20/h1-7,12H,8-10H2,(H,18,20). The molecule has 1 aromatic carbocycles. The van der Waals surface area contributed by atoms with Crippen LogP contribution in [0.3, 0.4) is 0 Å². The Bertz CT molecular complexity index is 703. The second-order valence-corrected chi connectivity index (χ2v) is 6.24. The summed E-state index contributed by atoms with van der Waals surface area (Å²) in [5.74, 6) is 0.293. The van der Waals surface area contributed by atoms with Gasteiger partial charge in [-0.15, -0.1) is 0 Å². The van der Waals surface area contributed by atoms with E-state index in [1.807, 2.05) is 12.1 Å². The number of likely N-dealkylation sites (tertiary alicyclic amines) is 1. The largest absolute Gasteiger partial charge is 0.338 e. The highest BCUT2D eigenvalue weighted by molar-refractivity contribution is 9.10. The number of benzene rings is 1. The molecule has 1 aromatic heterocycles. The van der Waals surface area contributed by atoms with Gasteiger partial charge in [-0.1, -0.05) is 28.1 Å². The van der Waals surface area contributed by atoms with Gasteiger partial charge < -0.3 is 9.88 Å². The molecular weight excluding hydrogens is 332 g/mol. The number of nitrogens with zero attached hydrogens (tertiary/aromatic N) is 1. The number of nitrogens with one attached hydrogen (secondary N) is 1. The highest BCUT2D eigenvalue weighted by Gasteiger charge is 2.31. The van der Waals surface area contributed by atoms with Crippen LogP contribution in [0.25, 0.3) is 0 Å². The van der Waals surface area contributed by atoms with E-state index in [9.17, 15) is 9.59 Å². The summed E-state index contributed by atoms with van der Waals surface area (Å²) in [5, 5.41) is 0. The number of rotatable bonds is 3. The highest BCUT2D eigenvalue weighted by atomic mass is 79.9. The van der Waals surface area contributed by atoms with Crippen LogP contribution in [0, 0.1) is 5.92 Å². The average Bonchev–Trinajstić information content (AvgIpc) is 2.44. The minimum Gasteiger partial charge on any atom is -0.338 e. The number of H-pyrrole nitrogens is 1. The summed E-state index contributed by atoms with van der Waals surface area (Å²) in [5.41, 5.74) is 1.17. The summed E-state index contributed by atoms with van der Waals surface area (Å²) in [6.07, 6.45) is 2.49. The third-order valence-corrected chi connectivity index (χ3v) is 4.26. The lowest BCUT2D eigenvalue weighted by molar-refractivity contribution is 0.0499. The predicted molar refractivity (Wildman–Crippen MR) is 84.3 cm³/mol. The van der Waals surface area contributed by atoms with Crippen molar-refractivity contribution in [3.8, 4) is 0 Å². The second kappa shape index (κ2) is 5.85. The maximum Gasteiger partial charge on any atom is 0.260 e. The molecule has 0 aliphatic carbocycles. The van der Waals surface area contributed by atoms with Crippen molar-refractivity contribution in [2.24, 2.45) is 5.92 Å². The number of halogens is 1. The van der Waals surface area contributed by atoms with Crippen molar-refractivity contribution in [3.05, 3.63) is 68.5 Å². The fourth-order valence-corrected chi connectivity index (χ4v) is 2.84. The van der Waals surface area contributed by atoms with Crippen LogP contribution in [0.1, 0.15) is 15.9 Å². The summed E-state index contributed by atoms with van der Waals surface area (Å²) in [7, 11) is 0. The quantitative estimate of drug-likeness (QED) is 0.927. The van der Waals surface area contributed by atoms with Crippen LogP contribution in [-0.2, 0) is 6.42 Å². The van der Waals surface area contributed by atoms with E-state index < -0.39 is 0 Å². The van der Waals surface area contributed by atoms with Crippen LogP contribution >= 0.6 is 15.9 Å². The van der Waals surface area contributed by atoms with Gasteiger partial charge in [0, 0.05) is 23.8 Å². The smallest absolute Gasteiger partial charge is 0.260 e. The molecule has 2 heterocycles. The summed E-state index contributed by atoms with van der Waals surface area (Å²) >= 11 is 3.42. The Hall–Kier alpha value is -1.88. The van der Waals surface area contributed by atoms with E-state index in [2.05, 4.69) is 33.0 Å². The van der Waals surface area contributed by atoms with E-state index in [-0.39, 0.29) is 17.0 Å². The first kappa shape index (κ1) is 14.1. The zero-order chi connectivity index (χ0) is 14.8. The fraction of sp³-hybridized carbons (Fsp3) is 0.250. The summed E-state index contributed by atoms with van der Waals surface area (Å²) < 4.78 is 1.07. The minimum atomic E-state index is -0.321. The Kier molecular flexibility index (Phi) is 3.92. The monoisotopic (exact) mass is 346 g/mol. The highest BCUT2D eigenvalue weighted by Crippen LogP contribution is 2.22. The van der Waals surface area contributed by atoms with Crippen molar-refractivity contribution >= 4 is 21.8 Å². The average molecular weight is 347 g/mol. The van der Waals surface area contributed by atoms with Gasteiger partial charge in [-0.2, -0.15) is 0 Å². The Balaban J connectivity index is 1.58. The number of hydrogen-bond acceptors (Lipinski definition) is 2. The first-order chi connectivity index (χ1) is 10.1. The molecule has 0 bridgehead atoms. The molecule has 108 valence electrons. The summed E-state index contributed by atoms with van der Waals surface area (Å²) in [6.45, 7) is 1.42. The van der Waals surface area contributed by atoms with Crippen molar-refractivity contribution in [2.75, 3.05) is 13.1 Å². The van der Waals surface area contributed by atoms with Crippen molar-refractivity contribution in [1.29, 1.82) is 0 Å². The van der Waals surface area contributed by atoms with E-state index in [1.54, 1.807) is 17.0 Å². The van der Waals surface area contributed by atoms with Crippen molar-refractivity contribution in [3.63, 3.8) is 0 Å². The molecule has 1 fully saturated rings. The SMILES string of the molecule is O=C(c1ccc[nH]c1=O)N1CC(Cc2ccc(Br)cc2)C1. The number of carbonyl (C=O) groups is 1. The lowest BCUT2D eigenvalue weighted by atomic mass is 9.91. The lowest BCUT2D eigenvalue weighted by Crippen LogP contribution is -2.51. The van der Waals surface area contributed by atoms with Gasteiger partial charge in [-0.05, 0) is 42.2 Å². The van der Waals surface area contributed by atoms with Crippen LogP contribution < -0.4 is 5.56 Å². The van der Waals surface area contributed by atoms with Gasteiger partial charge in [-0.3, -0.25) is 9.59 Å². The van der Waals surface area contributed by atoms with Gasteiger partial charge in [0.05, 0.1) is 0 Å². The molecule has 5 heteroatoms. The Morgan fingerprint density at radius 1 is 1.24 bits per heavy atom. The fourth-order valence-electron chi connectivity index (χ4n) is 2.58. The third kappa shape index (κ3) is 3.08. The molecule has 1 N–H and O–H groups in total. The zero-order valence-corrected chi connectivity index (χ0v) is 13.0. The van der Waals surface area contributed by atoms with Crippen LogP contribution in [0.2, 0.25) is 0 Å². The van der Waals surface area contributed by atoms with Crippen LogP contribution in [0.4, 0.5) is 0 Å². The molecule has 2 aromatic rings. The Labute approximate surface area is 130 Å². The van der Waals surface area contributed by atoms with Gasteiger partial charge >= 0.3 is 0 Å². The molecule has 1 aliphatic rings. The van der Waals surface area contributed by atoms with E-state index in [0.717, 1.165) is 10.9 Å². The van der Waals surface area contributed by atoms with Crippen molar-refractivity contribution < 1.29 is 4.79 Å². The maximum absolute atomic E-state index is 12.2. The van der Waals surface area contributed by atoms with Gasteiger partial charge in [0.15, 0.2) is 0 Å². The topological polar surface area (TPSA) is 53.2 Å². The van der Waals surface area contributed by atoms with Crippen molar-refractivity contribution in [1.82, 2.24) is 9.88 Å². The number of amides is 1. The number of hydrogen-bond donors (Lipinski definition) is 1.